The van der Waals surface area contributed by atoms with Crippen LogP contribution in [0.5, 0.6) is 0 Å². The summed E-state index contributed by atoms with van der Waals surface area (Å²) in [7, 11) is 0. The van der Waals surface area contributed by atoms with Gasteiger partial charge in [0.05, 0.1) is 18.8 Å². The van der Waals surface area contributed by atoms with Gasteiger partial charge in [0, 0.05) is 5.56 Å². The molecule has 0 bridgehead atoms. The molecule has 2 aromatic heterocycles. The molecule has 2 aromatic carbocycles. The van der Waals surface area contributed by atoms with Gasteiger partial charge >= 0.3 is 0 Å². The van der Waals surface area contributed by atoms with Gasteiger partial charge in [0.2, 0.25) is 5.82 Å². The first-order valence-electron chi connectivity index (χ1n) is 9.29. The van der Waals surface area contributed by atoms with E-state index in [0.29, 0.717) is 30.2 Å². The van der Waals surface area contributed by atoms with Gasteiger partial charge in [-0.3, -0.25) is 0 Å². The maximum atomic E-state index is 13.5. The van der Waals surface area contributed by atoms with Crippen LogP contribution in [-0.2, 0) is 17.9 Å². The molecular weight excluding hydrogens is 373 g/mol. The predicted octanol–water partition coefficient (Wildman–Crippen LogP) is 4.02. The standard InChI is InChI=1S/C21H18FN5O2/c1-12-6-7-16(13(2)8-12)18-10-27-17(11-28-18)19(24-26-27)21-23-20(25-29-21)14-4-3-5-15(22)9-14/h3-9,18H,10-11H2,1-2H3/t18-/m0/s1. The number of aryl methyl sites for hydroxylation is 2. The molecule has 0 aliphatic carbocycles. The Kier molecular flexibility index (Phi) is 4.21. The third kappa shape index (κ3) is 3.21. The van der Waals surface area contributed by atoms with Crippen LogP contribution in [-0.4, -0.2) is 25.1 Å². The lowest BCUT2D eigenvalue weighted by atomic mass is 10.0. The molecule has 0 unspecified atom stereocenters. The molecule has 5 rings (SSSR count). The van der Waals surface area contributed by atoms with Crippen LogP contribution in [0.25, 0.3) is 23.0 Å². The lowest BCUT2D eigenvalue weighted by molar-refractivity contribution is -0.00153. The number of aromatic nitrogens is 5. The van der Waals surface area contributed by atoms with Crippen molar-refractivity contribution >= 4 is 0 Å². The molecule has 0 saturated heterocycles. The predicted molar refractivity (Wildman–Crippen MR) is 102 cm³/mol. The summed E-state index contributed by atoms with van der Waals surface area (Å²) in [6.45, 7) is 5.04. The van der Waals surface area contributed by atoms with Crippen molar-refractivity contribution < 1.29 is 13.7 Å². The van der Waals surface area contributed by atoms with Gasteiger partial charge in [-0.15, -0.1) is 5.10 Å². The molecule has 4 aromatic rings. The number of halogens is 1. The number of benzene rings is 2. The van der Waals surface area contributed by atoms with Crippen molar-refractivity contribution in [2.24, 2.45) is 0 Å². The van der Waals surface area contributed by atoms with E-state index in [1.807, 2.05) is 4.68 Å². The minimum absolute atomic E-state index is 0.0943. The minimum Gasteiger partial charge on any atom is -0.365 e. The molecule has 0 radical (unpaired) electrons. The van der Waals surface area contributed by atoms with E-state index in [2.05, 4.69) is 52.5 Å². The van der Waals surface area contributed by atoms with Crippen LogP contribution in [0.3, 0.4) is 0 Å². The zero-order chi connectivity index (χ0) is 20.0. The highest BCUT2D eigenvalue weighted by Crippen LogP contribution is 2.32. The van der Waals surface area contributed by atoms with Crippen LogP contribution >= 0.6 is 0 Å². The van der Waals surface area contributed by atoms with E-state index in [4.69, 9.17) is 9.26 Å². The second kappa shape index (κ2) is 6.89. The van der Waals surface area contributed by atoms with Crippen molar-refractivity contribution in [1.82, 2.24) is 25.1 Å². The molecule has 0 spiro atoms. The molecule has 8 heteroatoms. The molecule has 146 valence electrons. The summed E-state index contributed by atoms with van der Waals surface area (Å²) < 4.78 is 26.7. The Morgan fingerprint density at radius 2 is 2.03 bits per heavy atom. The van der Waals surface area contributed by atoms with E-state index in [0.717, 1.165) is 11.3 Å². The monoisotopic (exact) mass is 391 g/mol. The summed E-state index contributed by atoms with van der Waals surface area (Å²) in [5, 5.41) is 12.4. The Morgan fingerprint density at radius 3 is 2.86 bits per heavy atom. The Bertz CT molecular complexity index is 1200. The van der Waals surface area contributed by atoms with Gasteiger partial charge in [0.15, 0.2) is 5.69 Å². The molecule has 1 aliphatic rings. The summed E-state index contributed by atoms with van der Waals surface area (Å²) in [6, 6.07) is 12.4. The van der Waals surface area contributed by atoms with Gasteiger partial charge in [0.1, 0.15) is 11.9 Å². The van der Waals surface area contributed by atoms with Gasteiger partial charge < -0.3 is 9.26 Å². The molecule has 0 N–H and O–H groups in total. The molecule has 0 saturated carbocycles. The van der Waals surface area contributed by atoms with Gasteiger partial charge in [-0.25, -0.2) is 9.07 Å². The van der Waals surface area contributed by atoms with Crippen LogP contribution in [0.4, 0.5) is 4.39 Å². The minimum atomic E-state index is -0.360. The molecule has 0 amide bonds. The van der Waals surface area contributed by atoms with Crippen LogP contribution in [0, 0.1) is 19.7 Å². The van der Waals surface area contributed by atoms with E-state index < -0.39 is 0 Å². The molecule has 29 heavy (non-hydrogen) atoms. The van der Waals surface area contributed by atoms with Crippen LogP contribution in [0.2, 0.25) is 0 Å². The number of hydrogen-bond acceptors (Lipinski definition) is 6. The van der Waals surface area contributed by atoms with E-state index in [1.165, 1.54) is 23.3 Å². The zero-order valence-electron chi connectivity index (χ0n) is 16.0. The highest BCUT2D eigenvalue weighted by Gasteiger charge is 2.28. The fourth-order valence-electron chi connectivity index (χ4n) is 3.62. The van der Waals surface area contributed by atoms with Crippen molar-refractivity contribution in [3.8, 4) is 23.0 Å². The number of fused-ring (bicyclic) bond motifs is 1. The summed E-state index contributed by atoms with van der Waals surface area (Å²) in [4.78, 5) is 4.36. The van der Waals surface area contributed by atoms with E-state index >= 15 is 0 Å². The lowest BCUT2D eigenvalue weighted by Crippen LogP contribution is -2.22. The Labute approximate surface area is 166 Å². The lowest BCUT2D eigenvalue weighted by Gasteiger charge is -2.25. The van der Waals surface area contributed by atoms with E-state index in [1.54, 1.807) is 12.1 Å². The summed E-state index contributed by atoms with van der Waals surface area (Å²) in [5.41, 5.74) is 5.35. The van der Waals surface area contributed by atoms with Crippen molar-refractivity contribution in [2.45, 2.75) is 33.1 Å². The topological polar surface area (TPSA) is 78.9 Å². The molecular formula is C21H18FN5O2. The fraction of sp³-hybridized carbons (Fsp3) is 0.238. The Balaban J connectivity index is 1.42. The normalized spacial score (nSPS) is 16.0. The van der Waals surface area contributed by atoms with E-state index in [9.17, 15) is 4.39 Å². The van der Waals surface area contributed by atoms with Crippen LogP contribution in [0.15, 0.2) is 47.0 Å². The Morgan fingerprint density at radius 1 is 1.14 bits per heavy atom. The van der Waals surface area contributed by atoms with Crippen molar-refractivity contribution in [3.63, 3.8) is 0 Å². The average Bonchev–Trinajstić information content (AvgIpc) is 3.34. The van der Waals surface area contributed by atoms with Gasteiger partial charge in [-0.2, -0.15) is 4.98 Å². The number of ether oxygens (including phenoxy) is 1. The molecule has 1 atom stereocenters. The first-order valence-corrected chi connectivity index (χ1v) is 9.29. The van der Waals surface area contributed by atoms with Crippen LogP contribution < -0.4 is 0 Å². The molecule has 0 fully saturated rings. The van der Waals surface area contributed by atoms with Gasteiger partial charge in [0.25, 0.3) is 5.89 Å². The number of hydrogen-bond donors (Lipinski definition) is 0. The highest BCUT2D eigenvalue weighted by atomic mass is 19.1. The average molecular weight is 391 g/mol. The maximum absolute atomic E-state index is 13.5. The van der Waals surface area contributed by atoms with Crippen LogP contribution in [0.1, 0.15) is 28.5 Å². The van der Waals surface area contributed by atoms with Crippen molar-refractivity contribution in [2.75, 3.05) is 0 Å². The van der Waals surface area contributed by atoms with Gasteiger partial charge in [-0.05, 0) is 37.1 Å². The summed E-state index contributed by atoms with van der Waals surface area (Å²) in [5.74, 6) is 0.172. The second-order valence-corrected chi connectivity index (χ2v) is 7.16. The third-order valence-electron chi connectivity index (χ3n) is 5.08. The second-order valence-electron chi connectivity index (χ2n) is 7.16. The Hall–Kier alpha value is -3.39. The molecule has 1 aliphatic heterocycles. The molecule has 3 heterocycles. The van der Waals surface area contributed by atoms with Crippen molar-refractivity contribution in [1.29, 1.82) is 0 Å². The van der Waals surface area contributed by atoms with Gasteiger partial charge in [-0.1, -0.05) is 46.3 Å². The zero-order valence-corrected chi connectivity index (χ0v) is 16.0. The quantitative estimate of drug-likeness (QED) is 0.525. The fourth-order valence-corrected chi connectivity index (χ4v) is 3.62. The van der Waals surface area contributed by atoms with Crippen molar-refractivity contribution in [3.05, 3.63) is 70.7 Å². The maximum Gasteiger partial charge on any atom is 0.280 e. The highest BCUT2D eigenvalue weighted by molar-refractivity contribution is 5.58. The first kappa shape index (κ1) is 17.7. The number of rotatable bonds is 3. The van der Waals surface area contributed by atoms with E-state index in [-0.39, 0.29) is 17.8 Å². The SMILES string of the molecule is Cc1ccc([C@@H]2Cn3nnc(-c4nc(-c5cccc(F)c5)no4)c3CO2)c(C)c1. The number of nitrogens with zero attached hydrogens (tertiary/aromatic N) is 5. The largest absolute Gasteiger partial charge is 0.365 e. The summed E-state index contributed by atoms with van der Waals surface area (Å²) in [6.07, 6.45) is -0.0943. The summed E-state index contributed by atoms with van der Waals surface area (Å²) >= 11 is 0. The molecule has 7 nitrogen and oxygen atoms in total. The first-order chi connectivity index (χ1) is 14.1. The third-order valence-corrected chi connectivity index (χ3v) is 5.08. The smallest absolute Gasteiger partial charge is 0.280 e.